The maximum atomic E-state index is 11.6. The lowest BCUT2D eigenvalue weighted by Crippen LogP contribution is -2.22. The second kappa shape index (κ2) is 20.4. The molecule has 0 bridgehead atoms. The summed E-state index contributed by atoms with van der Waals surface area (Å²) in [6.07, 6.45) is 22.3. The lowest BCUT2D eigenvalue weighted by atomic mass is 10.0. The number of carboxylic acids is 1. The van der Waals surface area contributed by atoms with Crippen LogP contribution in [0.15, 0.2) is 139 Å². The van der Waals surface area contributed by atoms with Crippen molar-refractivity contribution in [3.8, 4) is 17.6 Å². The Morgan fingerprint density at radius 1 is 0.643 bits per heavy atom. The Morgan fingerprint density at radius 2 is 1.20 bits per heavy atom. The number of anilines is 5. The van der Waals surface area contributed by atoms with Crippen molar-refractivity contribution in [3.05, 3.63) is 156 Å². The van der Waals surface area contributed by atoms with Gasteiger partial charge in [0, 0.05) is 23.6 Å². The molecule has 0 spiro atoms. The monoisotopic (exact) mass is 741 g/mol. The summed E-state index contributed by atoms with van der Waals surface area (Å²) >= 11 is 0. The Morgan fingerprint density at radius 3 is 1.80 bits per heavy atom. The van der Waals surface area contributed by atoms with Crippen LogP contribution in [0.4, 0.5) is 28.4 Å². The number of nitrogens with zero attached hydrogens (tertiary/aromatic N) is 3. The first-order valence-corrected chi connectivity index (χ1v) is 20.0. The van der Waals surface area contributed by atoms with Crippen molar-refractivity contribution in [2.45, 2.75) is 71.1 Å². The third-order valence-electron chi connectivity index (χ3n) is 10.0. The van der Waals surface area contributed by atoms with Crippen LogP contribution in [-0.2, 0) is 4.79 Å². The first kappa shape index (κ1) is 39.4. The Hall–Kier alpha value is -6.32. The van der Waals surface area contributed by atoms with Crippen LogP contribution in [0.25, 0.3) is 18.2 Å². The summed E-state index contributed by atoms with van der Waals surface area (Å²) in [6, 6.07) is 43.0. The highest BCUT2D eigenvalue weighted by Crippen LogP contribution is 2.47. The number of rotatable bonds is 19. The zero-order chi connectivity index (χ0) is 39.0. The standard InChI is InChI=1S/C50H51N3O3/c1-2-3-4-5-6-7-8-9-10-19-34-52-46-32-28-40(37-49(46)56-48-33-29-41(36-47(48)52)35-42(38-51)50(54)55)21-18-17-20-39-26-30-45(31-27-39)53(43-22-13-11-14-23-43)44-24-15-12-16-25-44/h11-18,20-33,35-37H,2-10,19,34H2,1H3,(H,54,55)/b20-17+,21-18+,42-35-. The predicted octanol–water partition coefficient (Wildman–Crippen LogP) is 14.0. The van der Waals surface area contributed by atoms with Crippen LogP contribution >= 0.6 is 0 Å². The summed E-state index contributed by atoms with van der Waals surface area (Å²) in [5.41, 5.74) is 7.62. The van der Waals surface area contributed by atoms with Gasteiger partial charge in [0.2, 0.25) is 0 Å². The van der Waals surface area contributed by atoms with Crippen molar-refractivity contribution in [2.24, 2.45) is 0 Å². The van der Waals surface area contributed by atoms with Gasteiger partial charge in [-0.15, -0.1) is 0 Å². The molecule has 1 N–H and O–H groups in total. The lowest BCUT2D eigenvalue weighted by Gasteiger charge is -2.33. The first-order chi connectivity index (χ1) is 27.5. The molecule has 0 fully saturated rings. The molecule has 0 atom stereocenters. The van der Waals surface area contributed by atoms with E-state index in [0.717, 1.165) is 64.7 Å². The average molecular weight is 742 g/mol. The molecule has 5 aromatic rings. The van der Waals surface area contributed by atoms with Crippen LogP contribution in [-0.4, -0.2) is 17.6 Å². The molecule has 6 heteroatoms. The Kier molecular flexibility index (Phi) is 14.3. The van der Waals surface area contributed by atoms with Crippen molar-refractivity contribution in [2.75, 3.05) is 16.3 Å². The zero-order valence-electron chi connectivity index (χ0n) is 32.3. The number of fused-ring (bicyclic) bond motifs is 2. The minimum absolute atomic E-state index is 0.302. The number of carbonyl (C=O) groups is 1. The predicted molar refractivity (Wildman–Crippen MR) is 232 cm³/mol. The average Bonchev–Trinajstić information content (AvgIpc) is 3.23. The summed E-state index contributed by atoms with van der Waals surface area (Å²) in [7, 11) is 0. The fourth-order valence-electron chi connectivity index (χ4n) is 7.08. The van der Waals surface area contributed by atoms with Crippen LogP contribution in [0.1, 0.15) is 87.8 Å². The van der Waals surface area contributed by atoms with Crippen LogP contribution in [0.3, 0.4) is 0 Å². The molecule has 284 valence electrons. The van der Waals surface area contributed by atoms with E-state index in [1.54, 1.807) is 12.1 Å². The van der Waals surface area contributed by atoms with Crippen LogP contribution in [0, 0.1) is 11.3 Å². The normalized spacial score (nSPS) is 12.3. The highest BCUT2D eigenvalue weighted by Gasteiger charge is 2.25. The second-order valence-corrected chi connectivity index (χ2v) is 14.2. The third-order valence-corrected chi connectivity index (χ3v) is 10.0. The van der Waals surface area contributed by atoms with Gasteiger partial charge in [-0.25, -0.2) is 4.79 Å². The van der Waals surface area contributed by atoms with E-state index in [0.29, 0.717) is 11.3 Å². The van der Waals surface area contributed by atoms with Gasteiger partial charge in [0.05, 0.1) is 11.4 Å². The van der Waals surface area contributed by atoms with Crippen LogP contribution < -0.4 is 14.5 Å². The molecule has 0 aromatic heterocycles. The van der Waals surface area contributed by atoms with Crippen molar-refractivity contribution in [1.82, 2.24) is 0 Å². The Balaban J connectivity index is 1.14. The van der Waals surface area contributed by atoms with E-state index in [4.69, 9.17) is 4.74 Å². The van der Waals surface area contributed by atoms with Gasteiger partial charge >= 0.3 is 5.97 Å². The maximum absolute atomic E-state index is 11.6. The number of unbranched alkanes of at least 4 members (excludes halogenated alkanes) is 9. The molecular formula is C50H51N3O3. The summed E-state index contributed by atoms with van der Waals surface area (Å²) in [5, 5.41) is 18.8. The molecule has 0 amide bonds. The van der Waals surface area contributed by atoms with Crippen molar-refractivity contribution >= 4 is 52.6 Å². The number of carboxylic acid groups (broad SMARTS) is 1. The molecule has 5 aromatic carbocycles. The number of aliphatic carboxylic acids is 1. The summed E-state index contributed by atoms with van der Waals surface area (Å²) in [4.78, 5) is 16.1. The van der Waals surface area contributed by atoms with E-state index >= 15 is 0 Å². The van der Waals surface area contributed by atoms with Gasteiger partial charge in [0.25, 0.3) is 0 Å². The molecule has 56 heavy (non-hydrogen) atoms. The second-order valence-electron chi connectivity index (χ2n) is 14.2. The topological polar surface area (TPSA) is 76.8 Å². The van der Waals surface area contributed by atoms with Gasteiger partial charge in [0.1, 0.15) is 11.6 Å². The molecule has 1 aliphatic rings. The van der Waals surface area contributed by atoms with Crippen molar-refractivity contribution < 1.29 is 14.6 Å². The van der Waals surface area contributed by atoms with Gasteiger partial charge in [-0.3, -0.25) is 0 Å². The van der Waals surface area contributed by atoms with Crippen molar-refractivity contribution in [1.29, 1.82) is 5.26 Å². The molecule has 6 nitrogen and oxygen atoms in total. The molecule has 0 saturated carbocycles. The van der Waals surface area contributed by atoms with Gasteiger partial charge in [0.15, 0.2) is 11.5 Å². The van der Waals surface area contributed by atoms with E-state index in [-0.39, 0.29) is 5.57 Å². The molecular weight excluding hydrogens is 691 g/mol. The summed E-state index contributed by atoms with van der Waals surface area (Å²) < 4.78 is 6.45. The number of benzene rings is 5. The molecule has 0 saturated heterocycles. The lowest BCUT2D eigenvalue weighted by molar-refractivity contribution is -0.132. The van der Waals surface area contributed by atoms with Gasteiger partial charge in [-0.2, -0.15) is 5.26 Å². The first-order valence-electron chi connectivity index (χ1n) is 20.0. The largest absolute Gasteiger partial charge is 0.477 e. The fourth-order valence-corrected chi connectivity index (χ4v) is 7.08. The van der Waals surface area contributed by atoms with Crippen molar-refractivity contribution in [3.63, 3.8) is 0 Å². The molecule has 1 aliphatic heterocycles. The van der Waals surface area contributed by atoms with E-state index in [2.05, 4.69) is 126 Å². The van der Waals surface area contributed by atoms with Gasteiger partial charge in [-0.05, 0) is 89.9 Å². The zero-order valence-corrected chi connectivity index (χ0v) is 32.3. The van der Waals surface area contributed by atoms with E-state index < -0.39 is 5.97 Å². The number of hydrogen-bond acceptors (Lipinski definition) is 5. The maximum Gasteiger partial charge on any atom is 0.346 e. The summed E-state index contributed by atoms with van der Waals surface area (Å²) in [5.74, 6) is 0.244. The highest BCUT2D eigenvalue weighted by atomic mass is 16.5. The van der Waals surface area contributed by atoms with Gasteiger partial charge in [-0.1, -0.05) is 150 Å². The molecule has 0 aliphatic carbocycles. The van der Waals surface area contributed by atoms with Gasteiger partial charge < -0.3 is 19.6 Å². The highest BCUT2D eigenvalue weighted by molar-refractivity contribution is 5.97. The number of nitriles is 1. The molecule has 1 heterocycles. The van der Waals surface area contributed by atoms with Crippen LogP contribution in [0.2, 0.25) is 0 Å². The third kappa shape index (κ3) is 10.7. The van der Waals surface area contributed by atoms with E-state index in [1.807, 2.05) is 30.3 Å². The quantitative estimate of drug-likeness (QED) is 0.0393. The Labute approximate surface area is 332 Å². The van der Waals surface area contributed by atoms with E-state index in [9.17, 15) is 15.2 Å². The fraction of sp³-hybridized carbons (Fsp3) is 0.240. The number of hydrogen-bond donors (Lipinski definition) is 1. The molecule has 0 radical (unpaired) electrons. The minimum atomic E-state index is -1.24. The van der Waals surface area contributed by atoms with Crippen LogP contribution in [0.5, 0.6) is 11.5 Å². The smallest absolute Gasteiger partial charge is 0.346 e. The number of allylic oxidation sites excluding steroid dienone is 2. The number of ether oxygens (including phenoxy) is 1. The number of para-hydroxylation sites is 2. The SMILES string of the molecule is CCCCCCCCCCCCN1c2ccc(/C=C/C=C/c3ccc(N(c4ccccc4)c4ccccc4)cc3)cc2Oc2ccc(/C=C(/C#N)C(=O)O)cc21. The summed E-state index contributed by atoms with van der Waals surface area (Å²) in [6.45, 7) is 3.06. The van der Waals surface area contributed by atoms with E-state index in [1.165, 1.54) is 57.4 Å². The molecule has 6 rings (SSSR count). The minimum Gasteiger partial charge on any atom is -0.477 e. The Bertz CT molecular complexity index is 2130. The molecule has 0 unspecified atom stereocenters.